The van der Waals surface area contributed by atoms with Gasteiger partial charge in [-0.1, -0.05) is 38.6 Å². The van der Waals surface area contributed by atoms with Gasteiger partial charge in [-0.2, -0.15) is 0 Å². The lowest BCUT2D eigenvalue weighted by Crippen LogP contribution is -2.26. The zero-order chi connectivity index (χ0) is 19.6. The number of hydrogen-bond acceptors (Lipinski definition) is 5. The van der Waals surface area contributed by atoms with E-state index < -0.39 is 0 Å². The Labute approximate surface area is 169 Å². The van der Waals surface area contributed by atoms with Gasteiger partial charge in [-0.15, -0.1) is 28.1 Å². The molecule has 3 rings (SSSR count). The normalized spacial score (nSPS) is 16.8. The molecule has 0 bridgehead atoms. The third-order valence-corrected chi connectivity index (χ3v) is 7.39. The Morgan fingerprint density at radius 3 is 2.96 bits per heavy atom. The Morgan fingerprint density at radius 2 is 2.26 bits per heavy atom. The number of nitrogens with zero attached hydrogens (tertiary/aromatic N) is 3. The van der Waals surface area contributed by atoms with Crippen LogP contribution in [0.5, 0.6) is 0 Å². The first-order chi connectivity index (χ1) is 12.8. The minimum Gasteiger partial charge on any atom is -0.352 e. The summed E-state index contributed by atoms with van der Waals surface area (Å²) in [4.78, 5) is 14.4. The molecule has 1 amide bonds. The van der Waals surface area contributed by atoms with E-state index >= 15 is 0 Å². The number of carbonyl (C=O) groups is 1. The lowest BCUT2D eigenvalue weighted by molar-refractivity contribution is -0.118. The van der Waals surface area contributed by atoms with Gasteiger partial charge >= 0.3 is 0 Å². The zero-order valence-electron chi connectivity index (χ0n) is 16.5. The van der Waals surface area contributed by atoms with Crippen molar-refractivity contribution in [1.29, 1.82) is 0 Å². The van der Waals surface area contributed by atoms with Crippen LogP contribution < -0.4 is 5.32 Å². The van der Waals surface area contributed by atoms with Crippen LogP contribution in [0.25, 0.3) is 10.7 Å². The smallest absolute Gasteiger partial charge is 0.230 e. The van der Waals surface area contributed by atoms with Crippen molar-refractivity contribution in [2.24, 2.45) is 18.4 Å². The Morgan fingerprint density at radius 1 is 1.48 bits per heavy atom. The van der Waals surface area contributed by atoms with E-state index in [2.05, 4.69) is 48.9 Å². The molecular weight excluding hydrogens is 376 g/mol. The van der Waals surface area contributed by atoms with E-state index in [-0.39, 0.29) is 5.91 Å². The molecule has 7 heteroatoms. The molecule has 0 spiro atoms. The fourth-order valence-corrected chi connectivity index (χ4v) is 5.37. The van der Waals surface area contributed by atoms with Gasteiger partial charge in [0.15, 0.2) is 11.0 Å². The Kier molecular flexibility index (Phi) is 6.11. The number of aryl methyl sites for hydroxylation is 1. The molecule has 0 aliphatic heterocycles. The van der Waals surface area contributed by atoms with Gasteiger partial charge in [0.1, 0.15) is 0 Å². The van der Waals surface area contributed by atoms with E-state index in [0.717, 1.165) is 29.7 Å². The standard InChI is InChI=1S/C20H28N4OS2/c1-6-9-21-17(25)12-26-19-23-22-18(24(19)5)16-11-13-10-14(20(2,3)4)7-8-15(13)27-16/h6,11,14H,1,7-10,12H2,2-5H3,(H,21,25). The first-order valence-corrected chi connectivity index (χ1v) is 11.1. The molecule has 0 saturated carbocycles. The lowest BCUT2D eigenvalue weighted by atomic mass is 9.72. The number of amides is 1. The van der Waals surface area contributed by atoms with Gasteiger partial charge in [-0.25, -0.2) is 0 Å². The molecule has 1 unspecified atom stereocenters. The summed E-state index contributed by atoms with van der Waals surface area (Å²) in [7, 11) is 1.97. The minimum absolute atomic E-state index is 0.0238. The largest absolute Gasteiger partial charge is 0.352 e. The molecule has 27 heavy (non-hydrogen) atoms. The second kappa shape index (κ2) is 8.19. The number of fused-ring (bicyclic) bond motifs is 1. The highest BCUT2D eigenvalue weighted by Gasteiger charge is 2.30. The third-order valence-electron chi connectivity index (χ3n) is 5.14. The third kappa shape index (κ3) is 4.63. The molecule has 5 nitrogen and oxygen atoms in total. The Bertz CT molecular complexity index is 832. The average Bonchev–Trinajstić information content (AvgIpc) is 3.19. The zero-order valence-corrected chi connectivity index (χ0v) is 18.2. The average molecular weight is 405 g/mol. The van der Waals surface area contributed by atoms with E-state index in [4.69, 9.17) is 0 Å². The molecule has 1 N–H and O–H groups in total. The van der Waals surface area contributed by atoms with Crippen molar-refractivity contribution in [1.82, 2.24) is 20.1 Å². The molecule has 2 heterocycles. The van der Waals surface area contributed by atoms with Crippen molar-refractivity contribution >= 4 is 29.0 Å². The lowest BCUT2D eigenvalue weighted by Gasteiger charge is -2.33. The monoisotopic (exact) mass is 404 g/mol. The molecule has 0 aromatic carbocycles. The molecule has 0 saturated heterocycles. The van der Waals surface area contributed by atoms with Crippen LogP contribution in [0.2, 0.25) is 0 Å². The van der Waals surface area contributed by atoms with Gasteiger partial charge in [0.25, 0.3) is 0 Å². The fraction of sp³-hybridized carbons (Fsp3) is 0.550. The number of nitrogens with one attached hydrogen (secondary N) is 1. The highest BCUT2D eigenvalue weighted by atomic mass is 32.2. The number of hydrogen-bond donors (Lipinski definition) is 1. The first-order valence-electron chi connectivity index (χ1n) is 9.31. The summed E-state index contributed by atoms with van der Waals surface area (Å²) in [6, 6.07) is 2.30. The quantitative estimate of drug-likeness (QED) is 0.582. The fourth-order valence-electron chi connectivity index (χ4n) is 3.40. The van der Waals surface area contributed by atoms with E-state index in [1.165, 1.54) is 33.5 Å². The second-order valence-corrected chi connectivity index (χ2v) is 10.2. The van der Waals surface area contributed by atoms with Gasteiger partial charge in [0, 0.05) is 18.5 Å². The van der Waals surface area contributed by atoms with Crippen molar-refractivity contribution in [2.75, 3.05) is 12.3 Å². The predicted octanol–water partition coefficient (Wildman–Crippen LogP) is 4.09. The van der Waals surface area contributed by atoms with E-state index in [9.17, 15) is 4.79 Å². The van der Waals surface area contributed by atoms with Gasteiger partial charge in [0.05, 0.1) is 10.6 Å². The van der Waals surface area contributed by atoms with Gasteiger partial charge < -0.3 is 9.88 Å². The summed E-state index contributed by atoms with van der Waals surface area (Å²) in [6.45, 7) is 11.1. The van der Waals surface area contributed by atoms with E-state index in [0.29, 0.717) is 17.7 Å². The number of rotatable bonds is 6. The van der Waals surface area contributed by atoms with Crippen molar-refractivity contribution in [2.45, 2.75) is 45.2 Å². The highest BCUT2D eigenvalue weighted by molar-refractivity contribution is 7.99. The number of thioether (sulfide) groups is 1. The molecule has 146 valence electrons. The van der Waals surface area contributed by atoms with Gasteiger partial charge in [-0.3, -0.25) is 4.79 Å². The van der Waals surface area contributed by atoms with Crippen LogP contribution in [-0.2, 0) is 24.7 Å². The molecule has 0 fully saturated rings. The van der Waals surface area contributed by atoms with Crippen molar-refractivity contribution < 1.29 is 4.79 Å². The molecule has 2 aromatic heterocycles. The molecule has 1 aliphatic rings. The molecule has 1 atom stereocenters. The number of aromatic nitrogens is 3. The Balaban J connectivity index is 1.72. The molecule has 1 aliphatic carbocycles. The summed E-state index contributed by atoms with van der Waals surface area (Å²) >= 11 is 3.25. The number of thiophene rings is 1. The second-order valence-electron chi connectivity index (χ2n) is 8.11. The highest BCUT2D eigenvalue weighted by Crippen LogP contribution is 2.42. The van der Waals surface area contributed by atoms with E-state index in [1.54, 1.807) is 6.08 Å². The molecule has 2 aromatic rings. The maximum absolute atomic E-state index is 11.8. The van der Waals surface area contributed by atoms with Crippen molar-refractivity contribution in [3.8, 4) is 10.7 Å². The molecular formula is C20H28N4OS2. The van der Waals surface area contributed by atoms with Crippen LogP contribution in [0, 0.1) is 11.3 Å². The molecule has 0 radical (unpaired) electrons. The van der Waals surface area contributed by atoms with Crippen LogP contribution >= 0.6 is 23.1 Å². The van der Waals surface area contributed by atoms with Gasteiger partial charge in [-0.05, 0) is 42.2 Å². The predicted molar refractivity (Wildman–Crippen MR) is 113 cm³/mol. The van der Waals surface area contributed by atoms with Crippen molar-refractivity contribution in [3.05, 3.63) is 29.2 Å². The van der Waals surface area contributed by atoms with Gasteiger partial charge in [0.2, 0.25) is 5.91 Å². The Hall–Kier alpha value is -1.60. The summed E-state index contributed by atoms with van der Waals surface area (Å²) in [5, 5.41) is 12.2. The van der Waals surface area contributed by atoms with Crippen LogP contribution in [-0.4, -0.2) is 33.0 Å². The van der Waals surface area contributed by atoms with Crippen LogP contribution in [0.3, 0.4) is 0 Å². The summed E-state index contributed by atoms with van der Waals surface area (Å²) in [5.74, 6) is 1.92. The maximum Gasteiger partial charge on any atom is 0.230 e. The number of carbonyl (C=O) groups excluding carboxylic acids is 1. The van der Waals surface area contributed by atoms with Crippen LogP contribution in [0.1, 0.15) is 37.6 Å². The SMILES string of the molecule is C=CCNC(=O)CSc1nnc(-c2cc3c(s2)CCC(C(C)(C)C)C3)n1C. The minimum atomic E-state index is -0.0238. The van der Waals surface area contributed by atoms with E-state index in [1.807, 2.05) is 23.0 Å². The maximum atomic E-state index is 11.8. The topological polar surface area (TPSA) is 59.8 Å². The van der Waals surface area contributed by atoms with Crippen LogP contribution in [0.4, 0.5) is 0 Å². The first kappa shape index (κ1) is 20.1. The van der Waals surface area contributed by atoms with Crippen molar-refractivity contribution in [3.63, 3.8) is 0 Å². The van der Waals surface area contributed by atoms with Crippen LogP contribution in [0.15, 0.2) is 23.9 Å². The summed E-state index contributed by atoms with van der Waals surface area (Å²) < 4.78 is 1.99. The summed E-state index contributed by atoms with van der Waals surface area (Å²) in [5.41, 5.74) is 1.82. The summed E-state index contributed by atoms with van der Waals surface area (Å²) in [6.07, 6.45) is 5.24.